The summed E-state index contributed by atoms with van der Waals surface area (Å²) in [6.07, 6.45) is 1.78. The van der Waals surface area contributed by atoms with Gasteiger partial charge in [-0.2, -0.15) is 17.2 Å². The maximum Gasteiger partial charge on any atom is 0.238 e. The van der Waals surface area contributed by atoms with Crippen LogP contribution < -0.4 is 5.14 Å². The molecular formula is C18H16N4O2RuS-6. The van der Waals surface area contributed by atoms with Gasteiger partial charge in [-0.1, -0.05) is 10.8 Å². The van der Waals surface area contributed by atoms with Crippen molar-refractivity contribution in [1.29, 1.82) is 0 Å². The van der Waals surface area contributed by atoms with Crippen molar-refractivity contribution >= 4 is 10.0 Å². The third-order valence-electron chi connectivity index (χ3n) is 3.44. The second-order valence-corrected chi connectivity index (χ2v) is 6.78. The summed E-state index contributed by atoms with van der Waals surface area (Å²) in [5.41, 5.74) is 2.45. The van der Waals surface area contributed by atoms with Crippen LogP contribution in [0.25, 0.3) is 16.9 Å². The summed E-state index contributed by atoms with van der Waals surface area (Å²) in [7, 11) is -3.68. The Kier molecular flexibility index (Phi) is 6.74. The summed E-state index contributed by atoms with van der Waals surface area (Å²) in [4.78, 5) is 0.0672. The second-order valence-electron chi connectivity index (χ2n) is 5.22. The quantitative estimate of drug-likeness (QED) is 0.382. The van der Waals surface area contributed by atoms with Crippen LogP contribution >= 0.6 is 0 Å². The first-order valence-corrected chi connectivity index (χ1v) is 9.03. The Balaban J connectivity index is 0.000000351. The van der Waals surface area contributed by atoms with E-state index in [1.807, 2.05) is 54.6 Å². The van der Waals surface area contributed by atoms with Gasteiger partial charge < -0.3 is 30.3 Å². The molecule has 2 N–H and O–H groups in total. The molecule has 8 heteroatoms. The van der Waals surface area contributed by atoms with E-state index in [-0.39, 0.29) is 24.4 Å². The van der Waals surface area contributed by atoms with E-state index < -0.39 is 10.0 Å². The Bertz CT molecular complexity index is 989. The SMILES string of the molecule is NS(=O)(=O)c1ccc(-n2cc(-[c-]3cccc3)nn2)cc1.[Ru].[cH-]1[cH-][cH-][cH-][cH-]1. The van der Waals surface area contributed by atoms with Gasteiger partial charge in [0.1, 0.15) is 0 Å². The van der Waals surface area contributed by atoms with Crippen LogP contribution in [0, 0.1) is 0 Å². The Morgan fingerprint density at radius 2 is 1.50 bits per heavy atom. The Morgan fingerprint density at radius 3 is 2.00 bits per heavy atom. The summed E-state index contributed by atoms with van der Waals surface area (Å²) < 4.78 is 23.9. The number of hydrogen-bond acceptors (Lipinski definition) is 4. The Labute approximate surface area is 164 Å². The van der Waals surface area contributed by atoms with Crippen LogP contribution in [0.2, 0.25) is 0 Å². The van der Waals surface area contributed by atoms with E-state index >= 15 is 0 Å². The molecule has 6 nitrogen and oxygen atoms in total. The number of primary sulfonamides is 1. The Hall–Kier alpha value is -2.41. The zero-order valence-electron chi connectivity index (χ0n) is 13.6. The predicted octanol–water partition coefficient (Wildman–Crippen LogP) is 2.70. The van der Waals surface area contributed by atoms with Crippen LogP contribution in [0.5, 0.6) is 0 Å². The number of aromatic nitrogens is 3. The molecule has 0 saturated heterocycles. The van der Waals surface area contributed by atoms with E-state index in [1.165, 1.54) is 12.1 Å². The minimum absolute atomic E-state index is 0. The molecule has 4 rings (SSSR count). The van der Waals surface area contributed by atoms with Gasteiger partial charge in [-0.25, -0.2) is 13.6 Å². The van der Waals surface area contributed by atoms with Gasteiger partial charge in [-0.15, -0.1) is 12.1 Å². The number of sulfonamides is 1. The number of hydrogen-bond donors (Lipinski definition) is 1. The Morgan fingerprint density at radius 1 is 0.962 bits per heavy atom. The molecule has 0 aliphatic heterocycles. The third kappa shape index (κ3) is 5.05. The van der Waals surface area contributed by atoms with E-state index in [1.54, 1.807) is 23.0 Å². The number of rotatable bonds is 3. The molecule has 0 saturated carbocycles. The molecule has 0 aliphatic carbocycles. The molecule has 4 aromatic rings. The first-order valence-electron chi connectivity index (χ1n) is 7.48. The van der Waals surface area contributed by atoms with Crippen molar-refractivity contribution in [3.05, 3.63) is 85.1 Å². The van der Waals surface area contributed by atoms with E-state index in [0.29, 0.717) is 5.69 Å². The molecule has 0 bridgehead atoms. The molecule has 1 heterocycles. The van der Waals surface area contributed by atoms with Crippen LogP contribution in [-0.4, -0.2) is 23.4 Å². The van der Waals surface area contributed by atoms with Crippen molar-refractivity contribution in [3.8, 4) is 16.9 Å². The molecule has 0 aliphatic rings. The van der Waals surface area contributed by atoms with E-state index in [0.717, 1.165) is 11.3 Å². The minimum atomic E-state index is -3.68. The topological polar surface area (TPSA) is 90.9 Å². The van der Waals surface area contributed by atoms with Gasteiger partial charge in [0.15, 0.2) is 0 Å². The van der Waals surface area contributed by atoms with Crippen molar-refractivity contribution in [2.45, 2.75) is 4.90 Å². The average Bonchev–Trinajstić information content (AvgIpc) is 3.37. The normalized spacial score (nSPS) is 10.5. The zero-order chi connectivity index (χ0) is 17.7. The molecule has 0 amide bonds. The molecule has 0 spiro atoms. The molecule has 0 fully saturated rings. The van der Waals surface area contributed by atoms with Crippen LogP contribution in [0.1, 0.15) is 0 Å². The zero-order valence-corrected chi connectivity index (χ0v) is 16.1. The largest absolute Gasteiger partial charge is 0.748 e. The summed E-state index contributed by atoms with van der Waals surface area (Å²) in [6.45, 7) is 0. The van der Waals surface area contributed by atoms with E-state index in [2.05, 4.69) is 10.3 Å². The summed E-state index contributed by atoms with van der Waals surface area (Å²) >= 11 is 0. The maximum absolute atomic E-state index is 11.2. The van der Waals surface area contributed by atoms with Crippen molar-refractivity contribution in [2.24, 2.45) is 5.14 Å². The standard InChI is InChI=1S/C13H11N4O2S.C5H5.Ru/c14-20(18,19)12-7-5-11(6-8-12)17-9-13(15-16-17)10-3-1-2-4-10;1-2-4-5-3-1;/h1-9H,(H2,14,18,19);1-5H;/q-1;-5;. The maximum atomic E-state index is 11.2. The van der Waals surface area contributed by atoms with Gasteiger partial charge in [0.2, 0.25) is 10.0 Å². The summed E-state index contributed by atoms with van der Waals surface area (Å²) in [6, 6.07) is 23.9. The van der Waals surface area contributed by atoms with Gasteiger partial charge in [0.05, 0.1) is 10.6 Å². The molecule has 3 aromatic carbocycles. The van der Waals surface area contributed by atoms with E-state index in [9.17, 15) is 8.42 Å². The first-order chi connectivity index (χ1) is 12.0. The fraction of sp³-hybridized carbons (Fsp3) is 0. The molecular weight excluding hydrogens is 437 g/mol. The van der Waals surface area contributed by atoms with Crippen LogP contribution in [0.4, 0.5) is 0 Å². The van der Waals surface area contributed by atoms with Crippen molar-refractivity contribution in [3.63, 3.8) is 0 Å². The van der Waals surface area contributed by atoms with Gasteiger partial charge in [-0.05, 0) is 30.5 Å². The van der Waals surface area contributed by atoms with Gasteiger partial charge in [0.25, 0.3) is 0 Å². The molecule has 0 atom stereocenters. The van der Waals surface area contributed by atoms with Gasteiger partial charge in [-0.3, -0.25) is 4.68 Å². The summed E-state index contributed by atoms with van der Waals surface area (Å²) in [5, 5.41) is 13.1. The van der Waals surface area contributed by atoms with Crippen molar-refractivity contribution in [1.82, 2.24) is 15.0 Å². The van der Waals surface area contributed by atoms with Crippen molar-refractivity contribution < 1.29 is 27.9 Å². The molecule has 0 radical (unpaired) electrons. The van der Waals surface area contributed by atoms with Gasteiger partial charge >= 0.3 is 0 Å². The minimum Gasteiger partial charge on any atom is -0.748 e. The van der Waals surface area contributed by atoms with Gasteiger partial charge in [0, 0.05) is 25.2 Å². The van der Waals surface area contributed by atoms with Crippen LogP contribution in [0.3, 0.4) is 0 Å². The molecule has 1 aromatic heterocycles. The molecule has 26 heavy (non-hydrogen) atoms. The van der Waals surface area contributed by atoms with E-state index in [4.69, 9.17) is 5.14 Å². The molecule has 0 unspecified atom stereocenters. The third-order valence-corrected chi connectivity index (χ3v) is 4.37. The monoisotopic (exact) mass is 454 g/mol. The predicted molar refractivity (Wildman–Crippen MR) is 95.8 cm³/mol. The fourth-order valence-electron chi connectivity index (χ4n) is 2.18. The molecule has 140 valence electrons. The fourth-order valence-corrected chi connectivity index (χ4v) is 2.69. The average molecular weight is 453 g/mol. The number of benzene rings is 1. The first kappa shape index (κ1) is 19.9. The number of nitrogens with two attached hydrogens (primary N) is 1. The smallest absolute Gasteiger partial charge is 0.238 e. The van der Waals surface area contributed by atoms with Crippen molar-refractivity contribution in [2.75, 3.05) is 0 Å². The van der Waals surface area contributed by atoms with Crippen LogP contribution in [0.15, 0.2) is 90.0 Å². The summed E-state index contributed by atoms with van der Waals surface area (Å²) in [5.74, 6) is 0. The number of nitrogens with zero attached hydrogens (tertiary/aromatic N) is 3. The second kappa shape index (κ2) is 8.80. The van der Waals surface area contributed by atoms with Crippen LogP contribution in [-0.2, 0) is 29.5 Å².